The van der Waals surface area contributed by atoms with E-state index in [-0.39, 0.29) is 12.0 Å². The van der Waals surface area contributed by atoms with Gasteiger partial charge in [0.05, 0.1) is 7.11 Å². The lowest BCUT2D eigenvalue weighted by atomic mass is 10.0. The minimum atomic E-state index is -0.118. The number of nitrogens with zero attached hydrogens (tertiary/aromatic N) is 1. The SMILES string of the molecule is COC(=O)C1CCN1CCc1ccc(Cl)cc1. The van der Waals surface area contributed by atoms with Crippen molar-refractivity contribution in [3.63, 3.8) is 0 Å². The first-order valence-corrected chi connectivity index (χ1v) is 6.15. The molecule has 1 atom stereocenters. The molecule has 4 heteroatoms. The third kappa shape index (κ3) is 2.99. The zero-order valence-electron chi connectivity index (χ0n) is 9.86. The summed E-state index contributed by atoms with van der Waals surface area (Å²) >= 11 is 5.82. The van der Waals surface area contributed by atoms with Gasteiger partial charge in [-0.25, -0.2) is 0 Å². The van der Waals surface area contributed by atoms with Gasteiger partial charge in [-0.2, -0.15) is 0 Å². The third-order valence-corrected chi connectivity index (χ3v) is 3.46. The van der Waals surface area contributed by atoms with Crippen molar-refractivity contribution in [3.05, 3.63) is 34.9 Å². The Labute approximate surface area is 106 Å². The van der Waals surface area contributed by atoms with Crippen LogP contribution in [-0.2, 0) is 16.0 Å². The summed E-state index contributed by atoms with van der Waals surface area (Å²) < 4.78 is 4.75. The largest absolute Gasteiger partial charge is 0.468 e. The number of halogens is 1. The van der Waals surface area contributed by atoms with Crippen LogP contribution in [0.3, 0.4) is 0 Å². The highest BCUT2D eigenvalue weighted by atomic mass is 35.5. The minimum absolute atomic E-state index is 0.0349. The molecule has 1 heterocycles. The van der Waals surface area contributed by atoms with Crippen LogP contribution < -0.4 is 0 Å². The fourth-order valence-electron chi connectivity index (χ4n) is 2.04. The molecule has 1 aliphatic rings. The molecule has 1 aromatic carbocycles. The van der Waals surface area contributed by atoms with Crippen molar-refractivity contribution in [2.45, 2.75) is 18.9 Å². The second kappa shape index (κ2) is 5.52. The molecule has 1 aromatic rings. The van der Waals surface area contributed by atoms with Gasteiger partial charge in [0.15, 0.2) is 0 Å². The van der Waals surface area contributed by atoms with E-state index in [9.17, 15) is 4.79 Å². The van der Waals surface area contributed by atoms with Crippen LogP contribution in [0.2, 0.25) is 5.02 Å². The molecule has 1 aliphatic heterocycles. The molecule has 1 unspecified atom stereocenters. The van der Waals surface area contributed by atoms with E-state index in [1.54, 1.807) is 0 Å². The Morgan fingerprint density at radius 1 is 1.47 bits per heavy atom. The third-order valence-electron chi connectivity index (χ3n) is 3.20. The molecular weight excluding hydrogens is 238 g/mol. The molecule has 0 N–H and O–H groups in total. The lowest BCUT2D eigenvalue weighted by molar-refractivity contribution is -0.151. The number of likely N-dealkylation sites (tertiary alicyclic amines) is 1. The van der Waals surface area contributed by atoms with Gasteiger partial charge in [0, 0.05) is 18.1 Å². The summed E-state index contributed by atoms with van der Waals surface area (Å²) in [5.74, 6) is -0.118. The molecule has 17 heavy (non-hydrogen) atoms. The number of carbonyl (C=O) groups is 1. The van der Waals surface area contributed by atoms with Crippen LogP contribution in [0.4, 0.5) is 0 Å². The van der Waals surface area contributed by atoms with Gasteiger partial charge >= 0.3 is 5.97 Å². The van der Waals surface area contributed by atoms with Gasteiger partial charge in [0.1, 0.15) is 6.04 Å². The topological polar surface area (TPSA) is 29.5 Å². The number of ether oxygens (including phenoxy) is 1. The number of methoxy groups -OCH3 is 1. The molecule has 2 rings (SSSR count). The Kier molecular flexibility index (Phi) is 4.02. The van der Waals surface area contributed by atoms with Crippen molar-refractivity contribution in [2.24, 2.45) is 0 Å². The smallest absolute Gasteiger partial charge is 0.323 e. The number of carbonyl (C=O) groups excluding carboxylic acids is 1. The second-order valence-electron chi connectivity index (χ2n) is 4.24. The monoisotopic (exact) mass is 253 g/mol. The van der Waals surface area contributed by atoms with Crippen molar-refractivity contribution in [1.29, 1.82) is 0 Å². The first kappa shape index (κ1) is 12.4. The summed E-state index contributed by atoms with van der Waals surface area (Å²) in [7, 11) is 1.44. The number of benzene rings is 1. The lowest BCUT2D eigenvalue weighted by Gasteiger charge is -2.38. The van der Waals surface area contributed by atoms with Crippen LogP contribution >= 0.6 is 11.6 Å². The van der Waals surface area contributed by atoms with Crippen molar-refractivity contribution < 1.29 is 9.53 Å². The van der Waals surface area contributed by atoms with Crippen LogP contribution in [0.15, 0.2) is 24.3 Å². The molecule has 0 saturated carbocycles. The summed E-state index contributed by atoms with van der Waals surface area (Å²) in [5.41, 5.74) is 1.24. The van der Waals surface area contributed by atoms with Gasteiger partial charge in [-0.05, 0) is 30.5 Å². The van der Waals surface area contributed by atoms with E-state index in [1.807, 2.05) is 24.3 Å². The van der Waals surface area contributed by atoms with Gasteiger partial charge in [0.25, 0.3) is 0 Å². The van der Waals surface area contributed by atoms with Crippen LogP contribution in [0.25, 0.3) is 0 Å². The molecule has 0 aromatic heterocycles. The lowest BCUT2D eigenvalue weighted by Crippen LogP contribution is -2.53. The summed E-state index contributed by atoms with van der Waals surface area (Å²) in [5, 5.41) is 0.755. The van der Waals surface area contributed by atoms with Gasteiger partial charge in [0.2, 0.25) is 0 Å². The number of esters is 1. The van der Waals surface area contributed by atoms with Gasteiger partial charge in [-0.1, -0.05) is 23.7 Å². The normalized spacial score (nSPS) is 19.8. The highest BCUT2D eigenvalue weighted by Crippen LogP contribution is 2.19. The van der Waals surface area contributed by atoms with Gasteiger partial charge in [-0.15, -0.1) is 0 Å². The van der Waals surface area contributed by atoms with E-state index >= 15 is 0 Å². The van der Waals surface area contributed by atoms with E-state index in [1.165, 1.54) is 12.7 Å². The van der Waals surface area contributed by atoms with E-state index in [4.69, 9.17) is 16.3 Å². The Bertz CT molecular complexity index is 391. The van der Waals surface area contributed by atoms with Crippen molar-refractivity contribution >= 4 is 17.6 Å². The molecular formula is C13H16ClNO2. The maximum atomic E-state index is 11.4. The van der Waals surface area contributed by atoms with E-state index in [2.05, 4.69) is 4.90 Å². The number of hydrogen-bond acceptors (Lipinski definition) is 3. The summed E-state index contributed by atoms with van der Waals surface area (Å²) in [4.78, 5) is 13.5. The highest BCUT2D eigenvalue weighted by Gasteiger charge is 2.34. The molecule has 3 nitrogen and oxygen atoms in total. The van der Waals surface area contributed by atoms with Crippen molar-refractivity contribution in [2.75, 3.05) is 20.2 Å². The van der Waals surface area contributed by atoms with Crippen molar-refractivity contribution in [3.8, 4) is 0 Å². The fourth-order valence-corrected chi connectivity index (χ4v) is 2.16. The minimum Gasteiger partial charge on any atom is -0.468 e. The summed E-state index contributed by atoms with van der Waals surface area (Å²) in [6, 6.07) is 7.80. The first-order valence-electron chi connectivity index (χ1n) is 5.77. The zero-order chi connectivity index (χ0) is 12.3. The Morgan fingerprint density at radius 2 is 2.18 bits per heavy atom. The average Bonchev–Trinajstić information content (AvgIpc) is 2.30. The van der Waals surface area contributed by atoms with Gasteiger partial charge < -0.3 is 4.74 Å². The average molecular weight is 254 g/mol. The fraction of sp³-hybridized carbons (Fsp3) is 0.462. The zero-order valence-corrected chi connectivity index (χ0v) is 10.6. The molecule has 0 radical (unpaired) electrons. The first-order chi connectivity index (χ1) is 8.20. The predicted octanol–water partition coefficient (Wildman–Crippen LogP) is 2.13. The molecule has 0 amide bonds. The van der Waals surface area contributed by atoms with E-state index < -0.39 is 0 Å². The summed E-state index contributed by atoms with van der Waals surface area (Å²) in [6.45, 7) is 1.87. The molecule has 92 valence electrons. The van der Waals surface area contributed by atoms with E-state index in [0.29, 0.717) is 0 Å². The number of rotatable bonds is 4. The molecule has 0 bridgehead atoms. The van der Waals surface area contributed by atoms with Crippen LogP contribution in [0, 0.1) is 0 Å². The quantitative estimate of drug-likeness (QED) is 0.770. The van der Waals surface area contributed by atoms with Crippen LogP contribution in [-0.4, -0.2) is 37.1 Å². The van der Waals surface area contributed by atoms with Crippen LogP contribution in [0.1, 0.15) is 12.0 Å². The number of hydrogen-bond donors (Lipinski definition) is 0. The Morgan fingerprint density at radius 3 is 2.71 bits per heavy atom. The predicted molar refractivity (Wildman–Crippen MR) is 67.2 cm³/mol. The molecule has 0 spiro atoms. The maximum Gasteiger partial charge on any atom is 0.323 e. The van der Waals surface area contributed by atoms with Crippen molar-refractivity contribution in [1.82, 2.24) is 4.90 Å². The second-order valence-corrected chi connectivity index (χ2v) is 4.68. The molecule has 1 fully saturated rings. The molecule has 0 aliphatic carbocycles. The highest BCUT2D eigenvalue weighted by molar-refractivity contribution is 6.30. The molecule has 1 saturated heterocycles. The summed E-state index contributed by atoms with van der Waals surface area (Å²) in [6.07, 6.45) is 1.85. The van der Waals surface area contributed by atoms with Gasteiger partial charge in [-0.3, -0.25) is 9.69 Å². The maximum absolute atomic E-state index is 11.4. The standard InChI is InChI=1S/C13H16ClNO2/c1-17-13(16)12-7-9-15(12)8-6-10-2-4-11(14)5-3-10/h2-5,12H,6-9H2,1H3. The Hall–Kier alpha value is -1.06. The van der Waals surface area contributed by atoms with Crippen LogP contribution in [0.5, 0.6) is 0 Å². The Balaban J connectivity index is 1.82. The van der Waals surface area contributed by atoms with E-state index in [0.717, 1.165) is 31.0 Å².